The Morgan fingerprint density at radius 3 is 2.67 bits per heavy atom. The number of halogens is 1. The van der Waals surface area contributed by atoms with Gasteiger partial charge in [-0.2, -0.15) is 0 Å². The molecule has 4 nitrogen and oxygen atoms in total. The van der Waals surface area contributed by atoms with Crippen molar-refractivity contribution in [3.05, 3.63) is 28.8 Å². The Morgan fingerprint density at radius 1 is 1.47 bits per heavy atom. The Morgan fingerprint density at radius 2 is 2.13 bits per heavy atom. The van der Waals surface area contributed by atoms with Crippen LogP contribution < -0.4 is 16.6 Å². The van der Waals surface area contributed by atoms with E-state index in [1.807, 2.05) is 13.8 Å². The lowest BCUT2D eigenvalue weighted by atomic mass is 10.1. The number of hydrogen-bond acceptors (Lipinski definition) is 3. The van der Waals surface area contributed by atoms with Crippen molar-refractivity contribution in [2.45, 2.75) is 19.9 Å². The van der Waals surface area contributed by atoms with Crippen molar-refractivity contribution < 1.29 is 4.79 Å². The first kappa shape index (κ1) is 11.8. The summed E-state index contributed by atoms with van der Waals surface area (Å²) in [6.07, 6.45) is 0. The number of nitrogen functional groups attached to an aromatic ring is 1. The minimum absolute atomic E-state index is 0.0714. The molecule has 0 spiro atoms. The van der Waals surface area contributed by atoms with Crippen molar-refractivity contribution in [3.63, 3.8) is 0 Å². The molecular formula is C10H14ClN3O. The summed E-state index contributed by atoms with van der Waals surface area (Å²) in [5.74, 6) is 5.10. The van der Waals surface area contributed by atoms with Crippen LogP contribution in [0, 0.1) is 0 Å². The smallest absolute Gasteiger partial charge is 0.253 e. The standard InChI is InChI=1S/C10H14ClN3O/c1-6(2)13-10(15)8-5-7(11)3-4-9(8)14-12/h3-6,14H,12H2,1-2H3,(H,13,15). The summed E-state index contributed by atoms with van der Waals surface area (Å²) >= 11 is 5.81. The summed E-state index contributed by atoms with van der Waals surface area (Å²) in [6, 6.07) is 4.98. The predicted molar refractivity (Wildman–Crippen MR) is 61.9 cm³/mol. The number of amides is 1. The zero-order valence-corrected chi connectivity index (χ0v) is 9.43. The topological polar surface area (TPSA) is 67.2 Å². The number of benzene rings is 1. The Labute approximate surface area is 93.8 Å². The van der Waals surface area contributed by atoms with Crippen molar-refractivity contribution in [1.29, 1.82) is 0 Å². The number of anilines is 1. The Balaban J connectivity index is 3.00. The van der Waals surface area contributed by atoms with Crippen LogP contribution in [0.4, 0.5) is 5.69 Å². The summed E-state index contributed by atoms with van der Waals surface area (Å²) in [7, 11) is 0. The first-order chi connectivity index (χ1) is 7.04. The molecule has 0 aliphatic heterocycles. The van der Waals surface area contributed by atoms with E-state index < -0.39 is 0 Å². The molecule has 1 rings (SSSR count). The number of hydrazine groups is 1. The average molecular weight is 228 g/mol. The lowest BCUT2D eigenvalue weighted by Crippen LogP contribution is -2.31. The van der Waals surface area contributed by atoms with Crippen molar-refractivity contribution in [2.24, 2.45) is 5.84 Å². The zero-order chi connectivity index (χ0) is 11.4. The van der Waals surface area contributed by atoms with Gasteiger partial charge in [-0.3, -0.25) is 10.6 Å². The van der Waals surface area contributed by atoms with Crippen LogP contribution in [0.5, 0.6) is 0 Å². The van der Waals surface area contributed by atoms with Crippen molar-refractivity contribution in [3.8, 4) is 0 Å². The van der Waals surface area contributed by atoms with E-state index in [0.29, 0.717) is 16.3 Å². The fraction of sp³-hybridized carbons (Fsp3) is 0.300. The van der Waals surface area contributed by atoms with Crippen LogP contribution in [0.3, 0.4) is 0 Å². The largest absolute Gasteiger partial charge is 0.350 e. The van der Waals surface area contributed by atoms with Crippen LogP contribution in [0.25, 0.3) is 0 Å². The van der Waals surface area contributed by atoms with E-state index in [9.17, 15) is 4.79 Å². The van der Waals surface area contributed by atoms with E-state index in [1.54, 1.807) is 18.2 Å². The molecule has 0 saturated heterocycles. The molecule has 0 saturated carbocycles. The maximum atomic E-state index is 11.7. The van der Waals surface area contributed by atoms with Crippen LogP contribution in [-0.2, 0) is 0 Å². The second kappa shape index (κ2) is 5.00. The van der Waals surface area contributed by atoms with Crippen LogP contribution in [-0.4, -0.2) is 11.9 Å². The zero-order valence-electron chi connectivity index (χ0n) is 8.67. The van der Waals surface area contributed by atoms with Gasteiger partial charge in [0, 0.05) is 11.1 Å². The highest BCUT2D eigenvalue weighted by atomic mass is 35.5. The van der Waals surface area contributed by atoms with Gasteiger partial charge in [-0.05, 0) is 32.0 Å². The molecule has 0 atom stereocenters. The molecule has 1 amide bonds. The Hall–Kier alpha value is -1.26. The Kier molecular flexibility index (Phi) is 3.94. The fourth-order valence-corrected chi connectivity index (χ4v) is 1.34. The molecular weight excluding hydrogens is 214 g/mol. The van der Waals surface area contributed by atoms with E-state index in [-0.39, 0.29) is 11.9 Å². The third-order valence-electron chi connectivity index (χ3n) is 1.80. The molecule has 0 radical (unpaired) electrons. The molecule has 0 aromatic heterocycles. The third kappa shape index (κ3) is 3.11. The van der Waals surface area contributed by atoms with Gasteiger partial charge < -0.3 is 10.7 Å². The highest BCUT2D eigenvalue weighted by Crippen LogP contribution is 2.19. The number of carbonyl (C=O) groups excluding carboxylic acids is 1. The fourth-order valence-electron chi connectivity index (χ4n) is 1.17. The van der Waals surface area contributed by atoms with Crippen LogP contribution in [0.2, 0.25) is 5.02 Å². The maximum Gasteiger partial charge on any atom is 0.253 e. The molecule has 0 heterocycles. The van der Waals surface area contributed by atoms with Gasteiger partial charge >= 0.3 is 0 Å². The summed E-state index contributed by atoms with van der Waals surface area (Å²) in [5.41, 5.74) is 3.45. The first-order valence-corrected chi connectivity index (χ1v) is 4.99. The SMILES string of the molecule is CC(C)NC(=O)c1cc(Cl)ccc1NN. The number of nitrogens with one attached hydrogen (secondary N) is 2. The summed E-state index contributed by atoms with van der Waals surface area (Å²) in [4.78, 5) is 11.7. The third-order valence-corrected chi connectivity index (χ3v) is 2.04. The second-order valence-electron chi connectivity index (χ2n) is 3.46. The molecule has 1 aromatic carbocycles. The van der Waals surface area contributed by atoms with Gasteiger partial charge in [0.25, 0.3) is 5.91 Å². The Bertz CT molecular complexity index is 366. The van der Waals surface area contributed by atoms with Crippen molar-refractivity contribution in [2.75, 3.05) is 5.43 Å². The predicted octanol–water partition coefficient (Wildman–Crippen LogP) is 1.76. The van der Waals surface area contributed by atoms with Gasteiger partial charge in [0.15, 0.2) is 0 Å². The van der Waals surface area contributed by atoms with Gasteiger partial charge in [-0.15, -0.1) is 0 Å². The van der Waals surface area contributed by atoms with Gasteiger partial charge in [0.05, 0.1) is 11.3 Å². The molecule has 4 N–H and O–H groups in total. The monoisotopic (exact) mass is 227 g/mol. The van der Waals surface area contributed by atoms with Crippen LogP contribution in [0.15, 0.2) is 18.2 Å². The summed E-state index contributed by atoms with van der Waals surface area (Å²) < 4.78 is 0. The molecule has 0 fully saturated rings. The van der Waals surface area contributed by atoms with Gasteiger partial charge in [0.1, 0.15) is 0 Å². The molecule has 82 valence electrons. The minimum atomic E-state index is -0.194. The first-order valence-electron chi connectivity index (χ1n) is 4.61. The van der Waals surface area contributed by atoms with Gasteiger partial charge in [-0.1, -0.05) is 11.6 Å². The molecule has 0 aliphatic carbocycles. The minimum Gasteiger partial charge on any atom is -0.350 e. The van der Waals surface area contributed by atoms with Crippen molar-refractivity contribution >= 4 is 23.2 Å². The second-order valence-corrected chi connectivity index (χ2v) is 3.90. The average Bonchev–Trinajstić information content (AvgIpc) is 2.16. The van der Waals surface area contributed by atoms with Gasteiger partial charge in [0.2, 0.25) is 0 Å². The van der Waals surface area contributed by atoms with E-state index >= 15 is 0 Å². The molecule has 0 unspecified atom stereocenters. The lowest BCUT2D eigenvalue weighted by Gasteiger charge is -2.12. The lowest BCUT2D eigenvalue weighted by molar-refractivity contribution is 0.0944. The molecule has 15 heavy (non-hydrogen) atoms. The highest BCUT2D eigenvalue weighted by Gasteiger charge is 2.12. The number of carbonyl (C=O) groups is 1. The van der Waals surface area contributed by atoms with E-state index in [0.717, 1.165) is 0 Å². The number of rotatable bonds is 3. The van der Waals surface area contributed by atoms with Crippen molar-refractivity contribution in [1.82, 2.24) is 5.32 Å². The molecule has 1 aromatic rings. The quantitative estimate of drug-likeness (QED) is 0.545. The normalized spacial score (nSPS) is 10.2. The van der Waals surface area contributed by atoms with E-state index in [4.69, 9.17) is 17.4 Å². The molecule has 0 aliphatic rings. The summed E-state index contributed by atoms with van der Waals surface area (Å²) in [5, 5.41) is 3.27. The maximum absolute atomic E-state index is 11.7. The van der Waals surface area contributed by atoms with Gasteiger partial charge in [-0.25, -0.2) is 0 Å². The number of hydrogen-bond donors (Lipinski definition) is 3. The van der Waals surface area contributed by atoms with E-state index in [2.05, 4.69) is 10.7 Å². The summed E-state index contributed by atoms with van der Waals surface area (Å²) in [6.45, 7) is 3.77. The van der Waals surface area contributed by atoms with Crippen LogP contribution in [0.1, 0.15) is 24.2 Å². The molecule has 5 heteroatoms. The molecule has 0 bridgehead atoms. The van der Waals surface area contributed by atoms with E-state index in [1.165, 1.54) is 0 Å². The van der Waals surface area contributed by atoms with Crippen LogP contribution >= 0.6 is 11.6 Å². The number of nitrogens with two attached hydrogens (primary N) is 1. The highest BCUT2D eigenvalue weighted by molar-refractivity contribution is 6.31.